The molecular formula is C21H20N2O5S. The number of hydrogen-bond donors (Lipinski definition) is 2. The summed E-state index contributed by atoms with van der Waals surface area (Å²) in [5.41, 5.74) is 6.69. The molecule has 3 N–H and O–H groups in total. The van der Waals surface area contributed by atoms with Gasteiger partial charge in [0.05, 0.1) is 17.7 Å². The zero-order valence-electron chi connectivity index (χ0n) is 15.9. The minimum atomic E-state index is -0.642. The lowest BCUT2D eigenvalue weighted by Gasteiger charge is -2.11. The molecule has 2 heterocycles. The van der Waals surface area contributed by atoms with Crippen LogP contribution in [0.2, 0.25) is 0 Å². The van der Waals surface area contributed by atoms with E-state index in [1.54, 1.807) is 18.2 Å². The lowest BCUT2D eigenvalue weighted by atomic mass is 9.95. The quantitative estimate of drug-likeness (QED) is 0.623. The van der Waals surface area contributed by atoms with Crippen molar-refractivity contribution in [1.82, 2.24) is 0 Å². The van der Waals surface area contributed by atoms with E-state index in [4.69, 9.17) is 14.9 Å². The number of nitrogens with one attached hydrogen (secondary N) is 1. The molecule has 0 fully saturated rings. The van der Waals surface area contributed by atoms with Crippen molar-refractivity contribution >= 4 is 39.1 Å². The number of rotatable bonds is 5. The van der Waals surface area contributed by atoms with Gasteiger partial charge in [-0.15, -0.1) is 11.3 Å². The summed E-state index contributed by atoms with van der Waals surface area (Å²) in [5.74, 6) is -0.505. The van der Waals surface area contributed by atoms with E-state index in [2.05, 4.69) is 5.32 Å². The van der Waals surface area contributed by atoms with Crippen molar-refractivity contribution in [1.29, 1.82) is 0 Å². The average molecular weight is 412 g/mol. The SMILES string of the molecule is CCOc1ccc2c(C(=O)Nc3sc4c(c3C(N)=O)CCCC4)cc(=O)oc2c1. The van der Waals surface area contributed by atoms with Crippen LogP contribution in [0.4, 0.5) is 5.00 Å². The summed E-state index contributed by atoms with van der Waals surface area (Å²) < 4.78 is 10.7. The Morgan fingerprint density at radius 3 is 2.79 bits per heavy atom. The van der Waals surface area contributed by atoms with Crippen LogP contribution in [0, 0.1) is 0 Å². The van der Waals surface area contributed by atoms with Crippen molar-refractivity contribution < 1.29 is 18.7 Å². The fourth-order valence-corrected chi connectivity index (χ4v) is 4.96. The van der Waals surface area contributed by atoms with Crippen molar-refractivity contribution in [2.24, 2.45) is 5.73 Å². The van der Waals surface area contributed by atoms with E-state index >= 15 is 0 Å². The standard InChI is InChI=1S/C21H20N2O5S/c1-2-27-11-7-8-12-14(10-17(24)28-15(12)9-11)20(26)23-21-18(19(22)25)13-5-3-4-6-16(13)29-21/h7-10H,2-6H2,1H3,(H2,22,25)(H,23,26). The van der Waals surface area contributed by atoms with Gasteiger partial charge in [0.25, 0.3) is 11.8 Å². The molecule has 0 aliphatic heterocycles. The number of primary amides is 1. The summed E-state index contributed by atoms with van der Waals surface area (Å²) in [4.78, 5) is 38.1. The van der Waals surface area contributed by atoms with Gasteiger partial charge in [0, 0.05) is 22.4 Å². The number of nitrogens with two attached hydrogens (primary N) is 1. The number of fused-ring (bicyclic) bond motifs is 2. The molecule has 2 aromatic heterocycles. The number of anilines is 1. The van der Waals surface area contributed by atoms with E-state index in [1.807, 2.05) is 6.92 Å². The molecule has 1 aromatic carbocycles. The molecule has 2 amide bonds. The highest BCUT2D eigenvalue weighted by atomic mass is 32.1. The number of carbonyl (C=O) groups is 2. The zero-order chi connectivity index (χ0) is 20.5. The highest BCUT2D eigenvalue weighted by Gasteiger charge is 2.26. The van der Waals surface area contributed by atoms with Gasteiger partial charge in [-0.1, -0.05) is 0 Å². The fourth-order valence-electron chi connectivity index (χ4n) is 3.67. The van der Waals surface area contributed by atoms with Crippen LogP contribution in [0.3, 0.4) is 0 Å². The highest BCUT2D eigenvalue weighted by Crippen LogP contribution is 2.38. The van der Waals surface area contributed by atoms with Crippen molar-refractivity contribution in [2.75, 3.05) is 11.9 Å². The normalized spacial score (nSPS) is 13.1. The summed E-state index contributed by atoms with van der Waals surface area (Å²) >= 11 is 1.38. The van der Waals surface area contributed by atoms with Gasteiger partial charge in [0.15, 0.2) is 0 Å². The molecule has 1 aliphatic rings. The molecule has 0 saturated carbocycles. The Bertz CT molecular complexity index is 1180. The highest BCUT2D eigenvalue weighted by molar-refractivity contribution is 7.17. The van der Waals surface area contributed by atoms with E-state index in [0.29, 0.717) is 28.3 Å². The topological polar surface area (TPSA) is 112 Å². The molecule has 0 spiro atoms. The number of thiophene rings is 1. The first-order chi connectivity index (χ1) is 14.0. The van der Waals surface area contributed by atoms with E-state index in [1.165, 1.54) is 11.3 Å². The first kappa shape index (κ1) is 19.2. The Morgan fingerprint density at radius 2 is 2.03 bits per heavy atom. The van der Waals surface area contributed by atoms with E-state index in [9.17, 15) is 14.4 Å². The minimum absolute atomic E-state index is 0.168. The van der Waals surface area contributed by atoms with Crippen LogP contribution >= 0.6 is 11.3 Å². The number of benzene rings is 1. The second-order valence-electron chi connectivity index (χ2n) is 6.80. The smallest absolute Gasteiger partial charge is 0.337 e. The molecule has 4 rings (SSSR count). The van der Waals surface area contributed by atoms with Crippen LogP contribution in [0.1, 0.15) is 50.9 Å². The van der Waals surface area contributed by atoms with E-state index in [0.717, 1.165) is 42.2 Å². The van der Waals surface area contributed by atoms with Gasteiger partial charge in [-0.3, -0.25) is 9.59 Å². The summed E-state index contributed by atoms with van der Waals surface area (Å²) in [6, 6.07) is 6.11. The number of ether oxygens (including phenoxy) is 1. The van der Waals surface area contributed by atoms with Gasteiger partial charge < -0.3 is 20.2 Å². The van der Waals surface area contributed by atoms with Gasteiger partial charge in [-0.25, -0.2) is 4.79 Å². The van der Waals surface area contributed by atoms with E-state index in [-0.39, 0.29) is 11.1 Å². The molecule has 7 nitrogen and oxygen atoms in total. The molecular weight excluding hydrogens is 392 g/mol. The third-order valence-corrected chi connectivity index (χ3v) is 6.12. The van der Waals surface area contributed by atoms with Gasteiger partial charge in [0.2, 0.25) is 0 Å². The van der Waals surface area contributed by atoms with Gasteiger partial charge in [0.1, 0.15) is 16.3 Å². The monoisotopic (exact) mass is 412 g/mol. The Kier molecular flexibility index (Phi) is 5.10. The summed E-state index contributed by atoms with van der Waals surface area (Å²) in [6.07, 6.45) is 3.68. The molecule has 29 heavy (non-hydrogen) atoms. The zero-order valence-corrected chi connectivity index (χ0v) is 16.7. The Labute approximate surface area is 170 Å². The summed E-state index contributed by atoms with van der Waals surface area (Å²) in [7, 11) is 0. The fraction of sp³-hybridized carbons (Fsp3) is 0.286. The maximum atomic E-state index is 13.0. The average Bonchev–Trinajstić information content (AvgIpc) is 3.05. The largest absolute Gasteiger partial charge is 0.494 e. The second kappa shape index (κ2) is 7.71. The van der Waals surface area contributed by atoms with Crippen LogP contribution in [0.5, 0.6) is 5.75 Å². The Morgan fingerprint density at radius 1 is 1.24 bits per heavy atom. The van der Waals surface area contributed by atoms with Crippen molar-refractivity contribution in [3.8, 4) is 5.75 Å². The molecule has 0 saturated heterocycles. The number of carbonyl (C=O) groups excluding carboxylic acids is 2. The van der Waals surface area contributed by atoms with Gasteiger partial charge >= 0.3 is 5.63 Å². The van der Waals surface area contributed by atoms with E-state index < -0.39 is 17.4 Å². The predicted octanol–water partition coefficient (Wildman–Crippen LogP) is 3.48. The van der Waals surface area contributed by atoms with Crippen molar-refractivity contribution in [3.05, 3.63) is 56.3 Å². The lowest BCUT2D eigenvalue weighted by Crippen LogP contribution is -2.19. The molecule has 0 radical (unpaired) electrons. The molecule has 3 aromatic rings. The molecule has 150 valence electrons. The van der Waals surface area contributed by atoms with Crippen LogP contribution in [-0.2, 0) is 12.8 Å². The first-order valence-corrected chi connectivity index (χ1v) is 10.3. The molecule has 0 bridgehead atoms. The van der Waals surface area contributed by atoms with Crippen molar-refractivity contribution in [2.45, 2.75) is 32.6 Å². The molecule has 0 unspecified atom stereocenters. The molecule has 1 aliphatic carbocycles. The van der Waals surface area contributed by atoms with Crippen LogP contribution in [0.25, 0.3) is 11.0 Å². The minimum Gasteiger partial charge on any atom is -0.494 e. The third kappa shape index (κ3) is 3.63. The van der Waals surface area contributed by atoms with Crippen LogP contribution in [0.15, 0.2) is 33.5 Å². The number of amides is 2. The third-order valence-electron chi connectivity index (χ3n) is 4.92. The molecule has 0 atom stereocenters. The number of hydrogen-bond acceptors (Lipinski definition) is 6. The van der Waals surface area contributed by atoms with Crippen LogP contribution in [-0.4, -0.2) is 18.4 Å². The second-order valence-corrected chi connectivity index (χ2v) is 7.91. The predicted molar refractivity (Wildman–Crippen MR) is 111 cm³/mol. The maximum Gasteiger partial charge on any atom is 0.337 e. The van der Waals surface area contributed by atoms with Gasteiger partial charge in [-0.2, -0.15) is 0 Å². The summed E-state index contributed by atoms with van der Waals surface area (Å²) in [5, 5.41) is 3.70. The summed E-state index contributed by atoms with van der Waals surface area (Å²) in [6.45, 7) is 2.32. The Balaban J connectivity index is 1.74. The lowest BCUT2D eigenvalue weighted by molar-refractivity contribution is 0.100. The Hall–Kier alpha value is -3.13. The molecule has 8 heteroatoms. The van der Waals surface area contributed by atoms with Gasteiger partial charge in [-0.05, 0) is 50.3 Å². The first-order valence-electron chi connectivity index (χ1n) is 9.44. The maximum absolute atomic E-state index is 13.0. The van der Waals surface area contributed by atoms with Crippen molar-refractivity contribution in [3.63, 3.8) is 0 Å². The van der Waals surface area contributed by atoms with Crippen LogP contribution < -0.4 is 21.4 Å². The number of aryl methyl sites for hydroxylation is 1.